The van der Waals surface area contributed by atoms with Crippen LogP contribution in [-0.2, 0) is 6.42 Å². The van der Waals surface area contributed by atoms with Gasteiger partial charge in [0.2, 0.25) is 0 Å². The molecule has 1 fully saturated rings. The van der Waals surface area contributed by atoms with E-state index < -0.39 is 0 Å². The second-order valence-electron chi connectivity index (χ2n) is 5.65. The van der Waals surface area contributed by atoms with E-state index in [9.17, 15) is 0 Å². The quantitative estimate of drug-likeness (QED) is 0.899. The molecular weight excluding hydrogens is 274 g/mol. The first-order chi connectivity index (χ1) is 9.63. The topological polar surface area (TPSA) is 44.5 Å². The number of hydrogen-bond acceptors (Lipinski definition) is 3. The third kappa shape index (κ3) is 3.80. The first-order valence-corrected chi connectivity index (χ1v) is 7.75. The van der Waals surface area contributed by atoms with Crippen LogP contribution in [0.5, 0.6) is 11.5 Å². The zero-order chi connectivity index (χ0) is 14.5. The fraction of sp³-hybridized carbons (Fsp3) is 0.625. The van der Waals surface area contributed by atoms with E-state index in [1.807, 2.05) is 12.1 Å². The number of benzene rings is 1. The Morgan fingerprint density at radius 1 is 1.35 bits per heavy atom. The van der Waals surface area contributed by atoms with Gasteiger partial charge in [0.05, 0.1) is 13.2 Å². The fourth-order valence-corrected chi connectivity index (χ4v) is 3.13. The molecule has 0 spiro atoms. The zero-order valence-corrected chi connectivity index (χ0v) is 13.1. The van der Waals surface area contributed by atoms with Gasteiger partial charge in [0.25, 0.3) is 0 Å². The van der Waals surface area contributed by atoms with Gasteiger partial charge in [-0.3, -0.25) is 0 Å². The molecule has 0 aromatic heterocycles. The van der Waals surface area contributed by atoms with Crippen molar-refractivity contribution in [3.8, 4) is 11.5 Å². The van der Waals surface area contributed by atoms with Gasteiger partial charge in [-0.1, -0.05) is 24.9 Å². The monoisotopic (exact) mass is 297 g/mol. The molecule has 0 saturated heterocycles. The third-order valence-electron chi connectivity index (χ3n) is 3.90. The molecule has 112 valence electrons. The highest BCUT2D eigenvalue weighted by Crippen LogP contribution is 2.38. The third-order valence-corrected chi connectivity index (χ3v) is 4.12. The van der Waals surface area contributed by atoms with Crippen LogP contribution in [0.2, 0.25) is 5.02 Å². The van der Waals surface area contributed by atoms with Gasteiger partial charge in [-0.05, 0) is 44.2 Å². The van der Waals surface area contributed by atoms with Gasteiger partial charge in [-0.15, -0.1) is 0 Å². The Morgan fingerprint density at radius 3 is 2.80 bits per heavy atom. The lowest BCUT2D eigenvalue weighted by atomic mass is 9.88. The smallest absolute Gasteiger partial charge is 0.164 e. The molecular formula is C16H24ClNO2. The van der Waals surface area contributed by atoms with Crippen molar-refractivity contribution < 1.29 is 9.47 Å². The van der Waals surface area contributed by atoms with Crippen LogP contribution in [0.15, 0.2) is 12.1 Å². The summed E-state index contributed by atoms with van der Waals surface area (Å²) < 4.78 is 11.7. The molecule has 2 atom stereocenters. The van der Waals surface area contributed by atoms with E-state index in [2.05, 4.69) is 6.92 Å². The Kier molecular flexibility index (Phi) is 5.55. The molecule has 1 saturated carbocycles. The van der Waals surface area contributed by atoms with Crippen LogP contribution in [0, 0.1) is 5.92 Å². The molecule has 1 aromatic carbocycles. The van der Waals surface area contributed by atoms with E-state index in [0.29, 0.717) is 17.3 Å². The van der Waals surface area contributed by atoms with Crippen molar-refractivity contribution >= 4 is 11.6 Å². The van der Waals surface area contributed by atoms with Crippen molar-refractivity contribution in [3.63, 3.8) is 0 Å². The van der Waals surface area contributed by atoms with Crippen molar-refractivity contribution in [2.45, 2.75) is 45.1 Å². The number of rotatable bonds is 5. The summed E-state index contributed by atoms with van der Waals surface area (Å²) in [4.78, 5) is 0. The SMILES string of the molecule is COc1cc(Cl)cc(CCN)c1OC1CCCC(C)C1. The van der Waals surface area contributed by atoms with E-state index >= 15 is 0 Å². The highest BCUT2D eigenvalue weighted by atomic mass is 35.5. The second-order valence-corrected chi connectivity index (χ2v) is 6.08. The maximum atomic E-state index is 6.25. The van der Waals surface area contributed by atoms with Gasteiger partial charge in [-0.2, -0.15) is 0 Å². The number of halogens is 1. The summed E-state index contributed by atoms with van der Waals surface area (Å²) in [5.41, 5.74) is 6.72. The van der Waals surface area contributed by atoms with Crippen LogP contribution in [-0.4, -0.2) is 19.8 Å². The van der Waals surface area contributed by atoms with E-state index in [1.165, 1.54) is 12.8 Å². The van der Waals surface area contributed by atoms with Crippen molar-refractivity contribution in [2.75, 3.05) is 13.7 Å². The molecule has 0 bridgehead atoms. The molecule has 3 nitrogen and oxygen atoms in total. The minimum absolute atomic E-state index is 0.269. The van der Waals surface area contributed by atoms with Gasteiger partial charge in [0.15, 0.2) is 11.5 Å². The standard InChI is InChI=1S/C16H24ClNO2/c1-11-4-3-5-14(8-11)20-16-12(6-7-18)9-13(17)10-15(16)19-2/h9-11,14H,3-8,18H2,1-2H3. The van der Waals surface area contributed by atoms with E-state index in [4.69, 9.17) is 26.8 Å². The molecule has 4 heteroatoms. The zero-order valence-electron chi connectivity index (χ0n) is 12.3. The lowest BCUT2D eigenvalue weighted by molar-refractivity contribution is 0.124. The lowest BCUT2D eigenvalue weighted by Gasteiger charge is -2.29. The minimum Gasteiger partial charge on any atom is -0.493 e. The molecule has 0 amide bonds. The molecule has 1 aliphatic rings. The van der Waals surface area contributed by atoms with Gasteiger partial charge in [0.1, 0.15) is 0 Å². The first kappa shape index (κ1) is 15.5. The van der Waals surface area contributed by atoms with E-state index in [-0.39, 0.29) is 6.10 Å². The number of ether oxygens (including phenoxy) is 2. The minimum atomic E-state index is 0.269. The summed E-state index contributed by atoms with van der Waals surface area (Å²) >= 11 is 6.13. The molecule has 1 aliphatic carbocycles. The molecule has 0 heterocycles. The summed E-state index contributed by atoms with van der Waals surface area (Å²) in [6, 6.07) is 3.74. The Bertz CT molecular complexity index is 450. The predicted molar refractivity (Wildman–Crippen MR) is 82.8 cm³/mol. The van der Waals surface area contributed by atoms with Crippen molar-refractivity contribution in [2.24, 2.45) is 11.7 Å². The van der Waals surface area contributed by atoms with E-state index in [1.54, 1.807) is 7.11 Å². The highest BCUT2D eigenvalue weighted by molar-refractivity contribution is 6.30. The predicted octanol–water partition coefficient (Wildman–Crippen LogP) is 3.81. The van der Waals surface area contributed by atoms with Crippen LogP contribution in [0.1, 0.15) is 38.2 Å². The van der Waals surface area contributed by atoms with E-state index in [0.717, 1.165) is 36.5 Å². The number of hydrogen-bond donors (Lipinski definition) is 1. The highest BCUT2D eigenvalue weighted by Gasteiger charge is 2.23. The largest absolute Gasteiger partial charge is 0.493 e. The van der Waals surface area contributed by atoms with Gasteiger partial charge in [-0.25, -0.2) is 0 Å². The van der Waals surface area contributed by atoms with Gasteiger partial charge >= 0.3 is 0 Å². The molecule has 2 rings (SSSR count). The summed E-state index contributed by atoms with van der Waals surface area (Å²) in [6.07, 6.45) is 5.76. The maximum absolute atomic E-state index is 6.25. The fourth-order valence-electron chi connectivity index (χ4n) is 2.90. The first-order valence-electron chi connectivity index (χ1n) is 7.37. The summed E-state index contributed by atoms with van der Waals surface area (Å²) in [5, 5.41) is 0.662. The van der Waals surface area contributed by atoms with Gasteiger partial charge < -0.3 is 15.2 Å². The Hall–Kier alpha value is -0.930. The average molecular weight is 298 g/mol. The molecule has 2 N–H and O–H groups in total. The molecule has 1 aromatic rings. The average Bonchev–Trinajstić information content (AvgIpc) is 2.41. The van der Waals surface area contributed by atoms with Crippen LogP contribution < -0.4 is 15.2 Å². The van der Waals surface area contributed by atoms with Gasteiger partial charge in [0, 0.05) is 16.7 Å². The Balaban J connectivity index is 2.23. The van der Waals surface area contributed by atoms with Crippen molar-refractivity contribution in [1.82, 2.24) is 0 Å². The number of nitrogens with two attached hydrogens (primary N) is 1. The van der Waals surface area contributed by atoms with Crippen molar-refractivity contribution in [1.29, 1.82) is 0 Å². The molecule has 20 heavy (non-hydrogen) atoms. The molecule has 0 aliphatic heterocycles. The van der Waals surface area contributed by atoms with Crippen LogP contribution in [0.4, 0.5) is 0 Å². The molecule has 2 unspecified atom stereocenters. The normalized spacial score (nSPS) is 22.6. The number of methoxy groups -OCH3 is 1. The second kappa shape index (κ2) is 7.19. The maximum Gasteiger partial charge on any atom is 0.164 e. The van der Waals surface area contributed by atoms with Crippen LogP contribution in [0.3, 0.4) is 0 Å². The van der Waals surface area contributed by atoms with Crippen LogP contribution in [0.25, 0.3) is 0 Å². The lowest BCUT2D eigenvalue weighted by Crippen LogP contribution is -2.25. The summed E-state index contributed by atoms with van der Waals surface area (Å²) in [5.74, 6) is 2.26. The molecule has 0 radical (unpaired) electrons. The van der Waals surface area contributed by atoms with Crippen molar-refractivity contribution in [3.05, 3.63) is 22.7 Å². The summed E-state index contributed by atoms with van der Waals surface area (Å²) in [6.45, 7) is 2.86. The summed E-state index contributed by atoms with van der Waals surface area (Å²) in [7, 11) is 1.65. The Morgan fingerprint density at radius 2 is 2.15 bits per heavy atom. The van der Waals surface area contributed by atoms with Crippen LogP contribution >= 0.6 is 11.6 Å². The Labute approximate surface area is 126 Å².